The molecule has 15 heavy (non-hydrogen) atoms. The van der Waals surface area contributed by atoms with Crippen molar-refractivity contribution in [2.24, 2.45) is 5.73 Å². The molecule has 80 valence electrons. The van der Waals surface area contributed by atoms with Crippen LogP contribution in [0.15, 0.2) is 12.1 Å². The number of hydrogen-bond acceptors (Lipinski definition) is 4. The van der Waals surface area contributed by atoms with Crippen molar-refractivity contribution < 1.29 is 14.3 Å². The Labute approximate surface area is 87.3 Å². The lowest BCUT2D eigenvalue weighted by atomic mass is 10.3. The minimum absolute atomic E-state index is 0.117. The van der Waals surface area contributed by atoms with Crippen molar-refractivity contribution in [3.8, 4) is 5.75 Å². The summed E-state index contributed by atoms with van der Waals surface area (Å²) in [5.74, 6) is -0.0698. The molecular formula is C10H12N2O3. The van der Waals surface area contributed by atoms with Gasteiger partial charge >= 0.3 is 0 Å². The summed E-state index contributed by atoms with van der Waals surface area (Å²) in [6.45, 7) is 1.93. The summed E-state index contributed by atoms with van der Waals surface area (Å²) in [5.41, 5.74) is 5.92. The van der Waals surface area contributed by atoms with Gasteiger partial charge < -0.3 is 10.5 Å². The summed E-state index contributed by atoms with van der Waals surface area (Å²) in [4.78, 5) is 25.1. The third-order valence-electron chi connectivity index (χ3n) is 1.74. The van der Waals surface area contributed by atoms with E-state index in [1.165, 1.54) is 0 Å². The molecule has 1 aromatic rings. The molecule has 0 atom stereocenters. The molecular weight excluding hydrogens is 196 g/mol. The van der Waals surface area contributed by atoms with E-state index in [0.29, 0.717) is 12.0 Å². The number of hydrogen-bond donors (Lipinski definition) is 1. The molecule has 0 radical (unpaired) electrons. The first-order valence-electron chi connectivity index (χ1n) is 4.47. The largest absolute Gasteiger partial charge is 0.491 e. The van der Waals surface area contributed by atoms with E-state index in [-0.39, 0.29) is 18.7 Å². The summed E-state index contributed by atoms with van der Waals surface area (Å²) in [6.07, 6.45) is 0.735. The maximum Gasteiger partial charge on any atom is 0.220 e. The predicted octanol–water partition coefficient (Wildman–Crippen LogP) is 0.457. The summed E-state index contributed by atoms with van der Waals surface area (Å²) >= 11 is 0. The molecule has 0 saturated carbocycles. The van der Waals surface area contributed by atoms with E-state index < -0.39 is 5.91 Å². The zero-order valence-corrected chi connectivity index (χ0v) is 8.40. The van der Waals surface area contributed by atoms with Crippen LogP contribution in [0.1, 0.15) is 22.6 Å². The van der Waals surface area contributed by atoms with E-state index in [9.17, 15) is 9.59 Å². The van der Waals surface area contributed by atoms with Crippen LogP contribution in [-0.2, 0) is 4.79 Å². The van der Waals surface area contributed by atoms with Gasteiger partial charge in [-0.1, -0.05) is 0 Å². The number of aromatic nitrogens is 1. The molecule has 5 nitrogen and oxygen atoms in total. The highest BCUT2D eigenvalue weighted by atomic mass is 16.5. The summed E-state index contributed by atoms with van der Waals surface area (Å²) in [6, 6.07) is 3.37. The van der Waals surface area contributed by atoms with Crippen molar-refractivity contribution in [3.05, 3.63) is 23.5 Å². The van der Waals surface area contributed by atoms with Crippen LogP contribution >= 0.6 is 0 Å². The number of rotatable bonds is 5. The molecule has 0 aliphatic rings. The number of amides is 1. The molecule has 0 bridgehead atoms. The summed E-state index contributed by atoms with van der Waals surface area (Å²) in [7, 11) is 0. The molecule has 0 aliphatic heterocycles. The molecule has 0 fully saturated rings. The van der Waals surface area contributed by atoms with Crippen molar-refractivity contribution in [2.45, 2.75) is 13.3 Å². The predicted molar refractivity (Wildman–Crippen MR) is 53.7 cm³/mol. The fourth-order valence-electron chi connectivity index (χ4n) is 1.03. The van der Waals surface area contributed by atoms with Gasteiger partial charge in [-0.15, -0.1) is 0 Å². The molecule has 2 N–H and O–H groups in total. The molecule has 0 aliphatic carbocycles. The van der Waals surface area contributed by atoms with Crippen molar-refractivity contribution >= 4 is 12.2 Å². The number of aryl methyl sites for hydroxylation is 1. The maximum atomic E-state index is 10.6. The van der Waals surface area contributed by atoms with Gasteiger partial charge in [-0.25, -0.2) is 4.98 Å². The second kappa shape index (κ2) is 5.09. The SMILES string of the molecule is Cc1ccc(OCCC(N)=O)c(C=O)n1. The van der Waals surface area contributed by atoms with Crippen LogP contribution in [0.4, 0.5) is 0 Å². The van der Waals surface area contributed by atoms with E-state index in [1.54, 1.807) is 19.1 Å². The number of nitrogens with zero attached hydrogens (tertiary/aromatic N) is 1. The number of ether oxygens (including phenoxy) is 1. The second-order valence-electron chi connectivity index (χ2n) is 3.02. The van der Waals surface area contributed by atoms with Gasteiger partial charge in [0.1, 0.15) is 11.4 Å². The Kier molecular flexibility index (Phi) is 3.79. The Balaban J connectivity index is 2.67. The Hall–Kier alpha value is -1.91. The van der Waals surface area contributed by atoms with Crippen molar-refractivity contribution in [3.63, 3.8) is 0 Å². The van der Waals surface area contributed by atoms with Crippen LogP contribution in [0, 0.1) is 6.92 Å². The fraction of sp³-hybridized carbons (Fsp3) is 0.300. The number of pyridine rings is 1. The Morgan fingerprint density at radius 1 is 1.60 bits per heavy atom. The highest BCUT2D eigenvalue weighted by molar-refractivity contribution is 5.76. The first-order valence-corrected chi connectivity index (χ1v) is 4.47. The minimum atomic E-state index is -0.442. The Morgan fingerprint density at radius 2 is 2.33 bits per heavy atom. The Morgan fingerprint density at radius 3 is 2.93 bits per heavy atom. The first kappa shape index (κ1) is 11.2. The van der Waals surface area contributed by atoms with Gasteiger partial charge in [0.25, 0.3) is 0 Å². The third kappa shape index (κ3) is 3.38. The van der Waals surface area contributed by atoms with Gasteiger partial charge in [0.2, 0.25) is 5.91 Å². The quantitative estimate of drug-likeness (QED) is 0.712. The molecule has 1 amide bonds. The normalized spacial score (nSPS) is 9.67. The van der Waals surface area contributed by atoms with E-state index in [4.69, 9.17) is 10.5 Å². The van der Waals surface area contributed by atoms with Crippen molar-refractivity contribution in [1.82, 2.24) is 4.98 Å². The Bertz CT molecular complexity index is 377. The van der Waals surface area contributed by atoms with Crippen LogP contribution in [0.3, 0.4) is 0 Å². The van der Waals surface area contributed by atoms with Gasteiger partial charge in [0, 0.05) is 5.69 Å². The lowest BCUT2D eigenvalue weighted by Crippen LogP contribution is -2.15. The van der Waals surface area contributed by atoms with Gasteiger partial charge in [-0.2, -0.15) is 0 Å². The summed E-state index contributed by atoms with van der Waals surface area (Å²) < 4.78 is 5.20. The van der Waals surface area contributed by atoms with Gasteiger partial charge in [0.15, 0.2) is 6.29 Å². The average molecular weight is 208 g/mol. The van der Waals surface area contributed by atoms with E-state index in [0.717, 1.165) is 5.69 Å². The molecule has 1 rings (SSSR count). The highest BCUT2D eigenvalue weighted by Crippen LogP contribution is 2.14. The molecule has 1 aromatic heterocycles. The molecule has 0 spiro atoms. The van der Waals surface area contributed by atoms with Crippen LogP contribution in [0.25, 0.3) is 0 Å². The smallest absolute Gasteiger partial charge is 0.220 e. The maximum absolute atomic E-state index is 10.6. The molecule has 0 aromatic carbocycles. The molecule has 0 saturated heterocycles. The van der Waals surface area contributed by atoms with Crippen LogP contribution in [0.5, 0.6) is 5.75 Å². The first-order chi connectivity index (χ1) is 7.13. The van der Waals surface area contributed by atoms with E-state index in [2.05, 4.69) is 4.98 Å². The number of nitrogens with two attached hydrogens (primary N) is 1. The molecule has 5 heteroatoms. The van der Waals surface area contributed by atoms with Gasteiger partial charge in [0.05, 0.1) is 13.0 Å². The van der Waals surface area contributed by atoms with Gasteiger partial charge in [-0.05, 0) is 19.1 Å². The highest BCUT2D eigenvalue weighted by Gasteiger charge is 2.05. The van der Waals surface area contributed by atoms with Gasteiger partial charge in [-0.3, -0.25) is 9.59 Å². The van der Waals surface area contributed by atoms with Crippen LogP contribution in [-0.4, -0.2) is 23.8 Å². The standard InChI is InChI=1S/C10H12N2O3/c1-7-2-3-9(8(6-13)12-7)15-5-4-10(11)14/h2-3,6H,4-5H2,1H3,(H2,11,14). The lowest BCUT2D eigenvalue weighted by Gasteiger charge is -2.06. The number of carbonyl (C=O) groups excluding carboxylic acids is 2. The van der Waals surface area contributed by atoms with Crippen molar-refractivity contribution in [1.29, 1.82) is 0 Å². The number of aldehydes is 1. The van der Waals surface area contributed by atoms with Crippen LogP contribution < -0.4 is 10.5 Å². The topological polar surface area (TPSA) is 82.3 Å². The number of primary amides is 1. The second-order valence-corrected chi connectivity index (χ2v) is 3.02. The number of carbonyl (C=O) groups is 2. The molecule has 1 heterocycles. The monoisotopic (exact) mass is 208 g/mol. The zero-order valence-electron chi connectivity index (χ0n) is 8.40. The van der Waals surface area contributed by atoms with Crippen LogP contribution in [0.2, 0.25) is 0 Å². The van der Waals surface area contributed by atoms with E-state index >= 15 is 0 Å². The zero-order chi connectivity index (χ0) is 11.3. The summed E-state index contributed by atoms with van der Waals surface area (Å²) in [5, 5.41) is 0. The van der Waals surface area contributed by atoms with E-state index in [1.807, 2.05) is 0 Å². The third-order valence-corrected chi connectivity index (χ3v) is 1.74. The lowest BCUT2D eigenvalue weighted by molar-refractivity contribution is -0.118. The van der Waals surface area contributed by atoms with Crippen molar-refractivity contribution in [2.75, 3.05) is 6.61 Å². The fourth-order valence-corrected chi connectivity index (χ4v) is 1.03. The average Bonchev–Trinajstić information content (AvgIpc) is 2.19. The minimum Gasteiger partial charge on any atom is -0.491 e. The molecule has 0 unspecified atom stereocenters.